The SMILES string of the molecule is N#Cc1ccc(CNCC=Cc2ccccc2)cc1. The molecule has 2 aromatic rings. The maximum absolute atomic E-state index is 8.71. The van der Waals surface area contributed by atoms with Crippen molar-refractivity contribution in [2.45, 2.75) is 6.54 Å². The second-order valence-electron chi connectivity index (χ2n) is 4.25. The van der Waals surface area contributed by atoms with Crippen molar-refractivity contribution >= 4 is 6.08 Å². The molecule has 0 aliphatic heterocycles. The van der Waals surface area contributed by atoms with Gasteiger partial charge in [0.2, 0.25) is 0 Å². The van der Waals surface area contributed by atoms with Gasteiger partial charge in [0.1, 0.15) is 0 Å². The van der Waals surface area contributed by atoms with E-state index in [1.807, 2.05) is 42.5 Å². The number of nitrogens with one attached hydrogen (secondary N) is 1. The average Bonchev–Trinajstić information content (AvgIpc) is 2.49. The first-order valence-electron chi connectivity index (χ1n) is 6.30. The Morgan fingerprint density at radius 1 is 1.00 bits per heavy atom. The molecule has 0 fully saturated rings. The van der Waals surface area contributed by atoms with Gasteiger partial charge >= 0.3 is 0 Å². The summed E-state index contributed by atoms with van der Waals surface area (Å²) in [5.74, 6) is 0. The third-order valence-electron chi connectivity index (χ3n) is 2.78. The lowest BCUT2D eigenvalue weighted by molar-refractivity contribution is 0.761. The van der Waals surface area contributed by atoms with Crippen LogP contribution in [0.3, 0.4) is 0 Å². The van der Waals surface area contributed by atoms with Crippen LogP contribution in [-0.4, -0.2) is 6.54 Å². The van der Waals surface area contributed by atoms with E-state index >= 15 is 0 Å². The molecule has 0 unspecified atom stereocenters. The molecule has 0 aromatic heterocycles. The van der Waals surface area contributed by atoms with E-state index in [-0.39, 0.29) is 0 Å². The molecule has 0 saturated heterocycles. The van der Waals surface area contributed by atoms with Gasteiger partial charge in [0, 0.05) is 13.1 Å². The van der Waals surface area contributed by atoms with E-state index < -0.39 is 0 Å². The van der Waals surface area contributed by atoms with Crippen molar-refractivity contribution in [3.8, 4) is 6.07 Å². The minimum absolute atomic E-state index is 0.702. The van der Waals surface area contributed by atoms with Gasteiger partial charge < -0.3 is 5.32 Å². The van der Waals surface area contributed by atoms with Gasteiger partial charge in [-0.2, -0.15) is 5.26 Å². The number of rotatable bonds is 5. The van der Waals surface area contributed by atoms with E-state index in [1.54, 1.807) is 0 Å². The summed E-state index contributed by atoms with van der Waals surface area (Å²) in [7, 11) is 0. The Bertz CT molecular complexity index is 562. The molecule has 19 heavy (non-hydrogen) atoms. The highest BCUT2D eigenvalue weighted by Crippen LogP contribution is 2.03. The molecule has 0 spiro atoms. The van der Waals surface area contributed by atoms with E-state index in [4.69, 9.17) is 5.26 Å². The number of benzene rings is 2. The van der Waals surface area contributed by atoms with Gasteiger partial charge in [-0.3, -0.25) is 0 Å². The van der Waals surface area contributed by atoms with Crippen LogP contribution in [0.25, 0.3) is 6.08 Å². The molecule has 0 amide bonds. The minimum Gasteiger partial charge on any atom is -0.309 e. The van der Waals surface area contributed by atoms with E-state index in [1.165, 1.54) is 11.1 Å². The molecule has 94 valence electrons. The first-order chi connectivity index (χ1) is 9.38. The monoisotopic (exact) mass is 248 g/mol. The van der Waals surface area contributed by atoms with Gasteiger partial charge in [-0.05, 0) is 23.3 Å². The van der Waals surface area contributed by atoms with E-state index in [2.05, 4.69) is 35.7 Å². The normalized spacial score (nSPS) is 10.5. The van der Waals surface area contributed by atoms with E-state index in [0.29, 0.717) is 5.56 Å². The average molecular weight is 248 g/mol. The second-order valence-corrected chi connectivity index (χ2v) is 4.25. The van der Waals surface area contributed by atoms with Crippen molar-refractivity contribution in [1.82, 2.24) is 5.32 Å². The Labute approximate surface area is 114 Å². The minimum atomic E-state index is 0.702. The molecule has 2 heteroatoms. The maximum atomic E-state index is 8.71. The maximum Gasteiger partial charge on any atom is 0.0991 e. The van der Waals surface area contributed by atoms with Crippen LogP contribution >= 0.6 is 0 Å². The van der Waals surface area contributed by atoms with Crippen LogP contribution in [0.2, 0.25) is 0 Å². The van der Waals surface area contributed by atoms with Crippen LogP contribution < -0.4 is 5.32 Å². The molecule has 1 N–H and O–H groups in total. The second kappa shape index (κ2) is 7.15. The molecule has 0 aliphatic rings. The van der Waals surface area contributed by atoms with E-state index in [9.17, 15) is 0 Å². The summed E-state index contributed by atoms with van der Waals surface area (Å²) >= 11 is 0. The molecular formula is C17H16N2. The van der Waals surface area contributed by atoms with Crippen LogP contribution in [-0.2, 0) is 6.54 Å². The Kier molecular flexibility index (Phi) is 4.92. The lowest BCUT2D eigenvalue weighted by Gasteiger charge is -2.02. The molecule has 0 radical (unpaired) electrons. The van der Waals surface area contributed by atoms with E-state index in [0.717, 1.165) is 13.1 Å². The topological polar surface area (TPSA) is 35.8 Å². The molecule has 2 rings (SSSR count). The first-order valence-corrected chi connectivity index (χ1v) is 6.30. The number of hydrogen-bond acceptors (Lipinski definition) is 2. The predicted octanol–water partition coefficient (Wildman–Crippen LogP) is 3.36. The molecular weight excluding hydrogens is 232 g/mol. The van der Waals surface area contributed by atoms with Crippen molar-refractivity contribution in [3.05, 3.63) is 77.4 Å². The van der Waals surface area contributed by atoms with Gasteiger partial charge in [-0.15, -0.1) is 0 Å². The quantitative estimate of drug-likeness (QED) is 0.823. The summed E-state index contributed by atoms with van der Waals surface area (Å²) < 4.78 is 0. The number of hydrogen-bond donors (Lipinski definition) is 1. The summed E-state index contributed by atoms with van der Waals surface area (Å²) in [4.78, 5) is 0. The fourth-order valence-electron chi connectivity index (χ4n) is 1.76. The van der Waals surface area contributed by atoms with Crippen molar-refractivity contribution in [2.75, 3.05) is 6.54 Å². The molecule has 0 bridgehead atoms. The molecule has 0 heterocycles. The lowest BCUT2D eigenvalue weighted by Crippen LogP contribution is -2.12. The van der Waals surface area contributed by atoms with Crippen molar-refractivity contribution in [1.29, 1.82) is 5.26 Å². The van der Waals surface area contributed by atoms with Gasteiger partial charge in [0.05, 0.1) is 11.6 Å². The standard InChI is InChI=1S/C17H16N2/c18-13-16-8-10-17(11-9-16)14-19-12-4-7-15-5-2-1-3-6-15/h1-11,19H,12,14H2. The summed E-state index contributed by atoms with van der Waals surface area (Å²) in [6, 6.07) is 20.0. The highest BCUT2D eigenvalue weighted by molar-refractivity contribution is 5.48. The van der Waals surface area contributed by atoms with Crippen LogP contribution in [0.4, 0.5) is 0 Å². The third kappa shape index (κ3) is 4.42. The predicted molar refractivity (Wildman–Crippen MR) is 78.3 cm³/mol. The zero-order valence-corrected chi connectivity index (χ0v) is 10.7. The molecule has 0 aliphatic carbocycles. The van der Waals surface area contributed by atoms with Gasteiger partial charge in [0.25, 0.3) is 0 Å². The van der Waals surface area contributed by atoms with Gasteiger partial charge in [0.15, 0.2) is 0 Å². The molecule has 2 nitrogen and oxygen atoms in total. The van der Waals surface area contributed by atoms with Gasteiger partial charge in [-0.1, -0.05) is 54.6 Å². The zero-order chi connectivity index (χ0) is 13.3. The highest BCUT2D eigenvalue weighted by Gasteiger charge is 1.92. The Morgan fingerprint density at radius 2 is 1.74 bits per heavy atom. The summed E-state index contributed by atoms with van der Waals surface area (Å²) in [5.41, 5.74) is 3.10. The smallest absolute Gasteiger partial charge is 0.0991 e. The van der Waals surface area contributed by atoms with Crippen molar-refractivity contribution in [2.24, 2.45) is 0 Å². The molecule has 0 atom stereocenters. The largest absolute Gasteiger partial charge is 0.309 e. The first kappa shape index (κ1) is 13.1. The third-order valence-corrected chi connectivity index (χ3v) is 2.78. The Balaban J connectivity index is 1.75. The number of nitriles is 1. The summed E-state index contributed by atoms with van der Waals surface area (Å²) in [6.45, 7) is 1.64. The Morgan fingerprint density at radius 3 is 2.42 bits per heavy atom. The van der Waals surface area contributed by atoms with Crippen molar-refractivity contribution < 1.29 is 0 Å². The zero-order valence-electron chi connectivity index (χ0n) is 10.7. The van der Waals surface area contributed by atoms with Crippen LogP contribution in [0.15, 0.2) is 60.7 Å². The highest BCUT2D eigenvalue weighted by atomic mass is 14.8. The Hall–Kier alpha value is -2.37. The van der Waals surface area contributed by atoms with Crippen LogP contribution in [0, 0.1) is 11.3 Å². The van der Waals surface area contributed by atoms with Crippen molar-refractivity contribution in [3.63, 3.8) is 0 Å². The fraction of sp³-hybridized carbons (Fsp3) is 0.118. The summed E-state index contributed by atoms with van der Waals surface area (Å²) in [6.07, 6.45) is 4.21. The summed E-state index contributed by atoms with van der Waals surface area (Å²) in [5, 5.41) is 12.0. The molecule has 0 saturated carbocycles. The molecule has 2 aromatic carbocycles. The number of nitrogens with zero attached hydrogens (tertiary/aromatic N) is 1. The lowest BCUT2D eigenvalue weighted by atomic mass is 10.1. The van der Waals surface area contributed by atoms with Crippen LogP contribution in [0.1, 0.15) is 16.7 Å². The van der Waals surface area contributed by atoms with Crippen LogP contribution in [0.5, 0.6) is 0 Å². The van der Waals surface area contributed by atoms with Gasteiger partial charge in [-0.25, -0.2) is 0 Å². The fourth-order valence-corrected chi connectivity index (χ4v) is 1.76.